The van der Waals surface area contributed by atoms with Gasteiger partial charge in [-0.2, -0.15) is 0 Å². The van der Waals surface area contributed by atoms with Gasteiger partial charge in [0.25, 0.3) is 0 Å². The molecule has 2 N–H and O–H groups in total. The maximum atomic E-state index is 13.7. The Hall–Kier alpha value is -0.905. The van der Waals surface area contributed by atoms with Crippen molar-refractivity contribution in [1.29, 1.82) is 0 Å². The predicted molar refractivity (Wildman–Crippen MR) is 69.4 cm³/mol. The number of hydrogen-bond donors (Lipinski definition) is 1. The van der Waals surface area contributed by atoms with Crippen LogP contribution in [-0.2, 0) is 9.31 Å². The summed E-state index contributed by atoms with van der Waals surface area (Å²) in [4.78, 5) is 0. The van der Waals surface area contributed by atoms with Crippen LogP contribution in [0.2, 0.25) is 0 Å². The van der Waals surface area contributed by atoms with E-state index < -0.39 is 24.3 Å². The molecule has 0 aliphatic carbocycles. The molecule has 0 radical (unpaired) electrons. The number of hydrogen-bond acceptors (Lipinski definition) is 3. The van der Waals surface area contributed by atoms with Crippen LogP contribution in [0.25, 0.3) is 0 Å². The zero-order valence-electron chi connectivity index (χ0n) is 11.2. The van der Waals surface area contributed by atoms with Crippen LogP contribution in [-0.4, -0.2) is 18.3 Å². The van der Waals surface area contributed by atoms with Crippen LogP contribution < -0.4 is 5.73 Å². The van der Waals surface area contributed by atoms with Gasteiger partial charge < -0.3 is 15.0 Å². The molecule has 1 aromatic rings. The minimum absolute atomic E-state index is 0.334. The Morgan fingerprint density at radius 3 is 2.11 bits per heavy atom. The molecule has 1 atom stereocenters. The van der Waals surface area contributed by atoms with Gasteiger partial charge >= 0.3 is 7.12 Å². The highest BCUT2D eigenvalue weighted by Crippen LogP contribution is 2.39. The largest absolute Gasteiger partial charge is 0.480 e. The van der Waals surface area contributed by atoms with E-state index in [0.717, 1.165) is 0 Å². The fourth-order valence-electron chi connectivity index (χ4n) is 1.93. The second-order valence-corrected chi connectivity index (χ2v) is 5.67. The third kappa shape index (κ3) is 2.18. The fourth-order valence-corrected chi connectivity index (χ4v) is 1.93. The van der Waals surface area contributed by atoms with Gasteiger partial charge in [0.15, 0.2) is 0 Å². The van der Waals surface area contributed by atoms with Crippen LogP contribution in [0, 0.1) is 5.82 Å². The molecule has 2 rings (SSSR count). The van der Waals surface area contributed by atoms with Crippen LogP contribution in [0.3, 0.4) is 0 Å². The lowest BCUT2D eigenvalue weighted by Gasteiger charge is -2.32. The number of rotatable bonds is 2. The topological polar surface area (TPSA) is 44.5 Å². The van der Waals surface area contributed by atoms with Gasteiger partial charge in [0.2, 0.25) is 0 Å². The van der Waals surface area contributed by atoms with Gasteiger partial charge in [-0.15, -0.1) is 0 Å². The maximum absolute atomic E-state index is 13.7. The van der Waals surface area contributed by atoms with Gasteiger partial charge in [0, 0.05) is 5.56 Å². The quantitative estimate of drug-likeness (QED) is 0.821. The van der Waals surface area contributed by atoms with E-state index in [1.54, 1.807) is 18.2 Å². The molecule has 5 heteroatoms. The Morgan fingerprint density at radius 2 is 1.61 bits per heavy atom. The molecule has 0 saturated carbocycles. The van der Waals surface area contributed by atoms with Gasteiger partial charge in [0.1, 0.15) is 5.82 Å². The van der Waals surface area contributed by atoms with E-state index in [2.05, 4.69) is 0 Å². The van der Waals surface area contributed by atoms with Gasteiger partial charge in [-0.05, 0) is 33.8 Å². The molecule has 0 amide bonds. The molecule has 98 valence electrons. The Balaban J connectivity index is 2.23. The molecule has 1 saturated heterocycles. The molecule has 3 nitrogen and oxygen atoms in total. The second kappa shape index (κ2) is 4.33. The number of halogens is 1. The molecule has 0 spiro atoms. The van der Waals surface area contributed by atoms with Crippen LogP contribution in [0.5, 0.6) is 0 Å². The van der Waals surface area contributed by atoms with E-state index in [4.69, 9.17) is 15.0 Å². The van der Waals surface area contributed by atoms with Crippen molar-refractivity contribution in [2.24, 2.45) is 5.73 Å². The van der Waals surface area contributed by atoms with Crippen molar-refractivity contribution in [3.63, 3.8) is 0 Å². The molecular formula is C13H19BFNO2. The van der Waals surface area contributed by atoms with Crippen LogP contribution in [0.1, 0.15) is 39.2 Å². The lowest BCUT2D eigenvalue weighted by Crippen LogP contribution is -2.41. The highest BCUT2D eigenvalue weighted by molar-refractivity contribution is 6.47. The number of nitrogens with two attached hydrogens (primary N) is 1. The SMILES string of the molecule is CC1(C)OB([C@H](N)c2ccccc2F)OC1(C)C. The minimum atomic E-state index is -0.633. The van der Waals surface area contributed by atoms with Crippen molar-refractivity contribution in [3.05, 3.63) is 35.6 Å². The third-order valence-corrected chi connectivity index (χ3v) is 3.83. The fraction of sp³-hybridized carbons (Fsp3) is 0.538. The van der Waals surface area contributed by atoms with Crippen molar-refractivity contribution in [2.45, 2.75) is 44.8 Å². The first-order chi connectivity index (χ1) is 8.24. The zero-order chi connectivity index (χ0) is 13.6. The first-order valence-electron chi connectivity index (χ1n) is 6.10. The first kappa shape index (κ1) is 13.5. The summed E-state index contributed by atoms with van der Waals surface area (Å²) in [7, 11) is -0.633. The van der Waals surface area contributed by atoms with Crippen molar-refractivity contribution in [1.82, 2.24) is 0 Å². The monoisotopic (exact) mass is 251 g/mol. The van der Waals surface area contributed by atoms with Gasteiger partial charge in [-0.1, -0.05) is 18.2 Å². The summed E-state index contributed by atoms with van der Waals surface area (Å²) in [5.41, 5.74) is 5.55. The maximum Gasteiger partial charge on any atom is 0.480 e. The molecule has 1 aliphatic rings. The van der Waals surface area contributed by atoms with E-state index in [0.29, 0.717) is 5.56 Å². The van der Waals surface area contributed by atoms with E-state index >= 15 is 0 Å². The van der Waals surface area contributed by atoms with E-state index in [1.165, 1.54) is 6.07 Å². The number of benzene rings is 1. The minimum Gasteiger partial charge on any atom is -0.402 e. The summed E-state index contributed by atoms with van der Waals surface area (Å²) < 4.78 is 25.3. The second-order valence-electron chi connectivity index (χ2n) is 5.67. The van der Waals surface area contributed by atoms with Crippen LogP contribution in [0.15, 0.2) is 24.3 Å². The Kier molecular flexibility index (Phi) is 3.26. The summed E-state index contributed by atoms with van der Waals surface area (Å²) in [6, 6.07) is 6.44. The van der Waals surface area contributed by atoms with Gasteiger partial charge in [0.05, 0.1) is 17.1 Å². The summed E-state index contributed by atoms with van der Waals surface area (Å²) >= 11 is 0. The molecule has 0 unspecified atom stereocenters. The smallest absolute Gasteiger partial charge is 0.402 e. The van der Waals surface area contributed by atoms with Crippen molar-refractivity contribution < 1.29 is 13.7 Å². The molecule has 1 aliphatic heterocycles. The predicted octanol–water partition coefficient (Wildman–Crippen LogP) is 2.46. The van der Waals surface area contributed by atoms with E-state index in [1.807, 2.05) is 27.7 Å². The summed E-state index contributed by atoms with van der Waals surface area (Å²) in [5, 5.41) is 0. The van der Waals surface area contributed by atoms with Crippen LogP contribution in [0.4, 0.5) is 4.39 Å². The van der Waals surface area contributed by atoms with Crippen LogP contribution >= 0.6 is 0 Å². The van der Waals surface area contributed by atoms with E-state index in [9.17, 15) is 4.39 Å². The average Bonchev–Trinajstić information content (AvgIpc) is 2.48. The highest BCUT2D eigenvalue weighted by Gasteiger charge is 2.53. The van der Waals surface area contributed by atoms with Crippen molar-refractivity contribution >= 4 is 7.12 Å². The molecule has 1 heterocycles. The lowest BCUT2D eigenvalue weighted by atomic mass is 9.75. The summed E-state index contributed by atoms with van der Waals surface area (Å²) in [5.74, 6) is -0.966. The highest BCUT2D eigenvalue weighted by atomic mass is 19.1. The zero-order valence-corrected chi connectivity index (χ0v) is 11.2. The third-order valence-electron chi connectivity index (χ3n) is 3.83. The van der Waals surface area contributed by atoms with Crippen molar-refractivity contribution in [2.75, 3.05) is 0 Å². The normalized spacial score (nSPS) is 23.1. The molecule has 1 fully saturated rings. The molecule has 18 heavy (non-hydrogen) atoms. The standard InChI is InChI=1S/C13H19BFNO2/c1-12(2)13(3,4)18-14(17-12)11(16)9-7-5-6-8-10(9)15/h5-8,11H,16H2,1-4H3/t11-/m1/s1. The molecular weight excluding hydrogens is 232 g/mol. The van der Waals surface area contributed by atoms with Gasteiger partial charge in [-0.3, -0.25) is 0 Å². The van der Waals surface area contributed by atoms with E-state index in [-0.39, 0.29) is 5.82 Å². The lowest BCUT2D eigenvalue weighted by molar-refractivity contribution is 0.00578. The average molecular weight is 251 g/mol. The first-order valence-corrected chi connectivity index (χ1v) is 6.10. The van der Waals surface area contributed by atoms with Gasteiger partial charge in [-0.25, -0.2) is 4.39 Å². The summed E-state index contributed by atoms with van der Waals surface area (Å²) in [6.45, 7) is 7.78. The van der Waals surface area contributed by atoms with Crippen molar-refractivity contribution in [3.8, 4) is 0 Å². The molecule has 1 aromatic carbocycles. The summed E-state index contributed by atoms with van der Waals surface area (Å²) in [6.07, 6.45) is 0. The Morgan fingerprint density at radius 1 is 1.11 bits per heavy atom. The Bertz CT molecular complexity index is 434. The molecule has 0 bridgehead atoms. The Labute approximate surface area is 108 Å². The molecule has 0 aromatic heterocycles.